The predicted molar refractivity (Wildman–Crippen MR) is 66.8 cm³/mol. The van der Waals surface area contributed by atoms with Gasteiger partial charge >= 0.3 is 5.69 Å². The standard InChI is InChI=1S/C11H15N5O2/c1-11(3-2-4-12-5-11)9-13-6-7(14-9)15-10(18)16-8(6)17/h12H,2-5H2,1H3,(H3,13,14,15,16,17,18). The molecule has 7 nitrogen and oxygen atoms in total. The second kappa shape index (κ2) is 3.81. The first kappa shape index (κ1) is 11.2. The number of imidazole rings is 1. The fraction of sp³-hybridized carbons (Fsp3) is 0.545. The summed E-state index contributed by atoms with van der Waals surface area (Å²) in [6, 6.07) is 0. The lowest BCUT2D eigenvalue weighted by Gasteiger charge is -2.32. The van der Waals surface area contributed by atoms with Gasteiger partial charge in [0.1, 0.15) is 11.3 Å². The third-order valence-corrected chi connectivity index (χ3v) is 3.56. The van der Waals surface area contributed by atoms with E-state index in [1.54, 1.807) is 0 Å². The maximum absolute atomic E-state index is 11.6. The molecule has 0 aliphatic carbocycles. The molecule has 0 aromatic carbocycles. The first-order chi connectivity index (χ1) is 8.58. The van der Waals surface area contributed by atoms with Crippen molar-refractivity contribution in [3.8, 4) is 0 Å². The highest BCUT2D eigenvalue weighted by atomic mass is 16.2. The Kier molecular flexibility index (Phi) is 2.37. The Labute approximate surface area is 102 Å². The van der Waals surface area contributed by atoms with E-state index >= 15 is 0 Å². The van der Waals surface area contributed by atoms with Crippen molar-refractivity contribution in [3.63, 3.8) is 0 Å². The summed E-state index contributed by atoms with van der Waals surface area (Å²) in [6.07, 6.45) is 2.07. The number of rotatable bonds is 1. The summed E-state index contributed by atoms with van der Waals surface area (Å²) in [5.74, 6) is 0.747. The smallest absolute Gasteiger partial charge is 0.327 e. The van der Waals surface area contributed by atoms with Gasteiger partial charge in [0.2, 0.25) is 0 Å². The summed E-state index contributed by atoms with van der Waals surface area (Å²) >= 11 is 0. The minimum Gasteiger partial charge on any atom is -0.336 e. The Balaban J connectivity index is 2.16. The zero-order valence-corrected chi connectivity index (χ0v) is 10.1. The second-order valence-electron chi connectivity index (χ2n) is 5.06. The normalized spacial score (nSPS) is 24.5. The summed E-state index contributed by atoms with van der Waals surface area (Å²) in [5.41, 5.74) is -0.431. The molecule has 1 fully saturated rings. The van der Waals surface area contributed by atoms with Crippen molar-refractivity contribution in [3.05, 3.63) is 26.7 Å². The molecule has 1 unspecified atom stereocenters. The zero-order chi connectivity index (χ0) is 12.8. The van der Waals surface area contributed by atoms with E-state index in [0.717, 1.165) is 31.8 Å². The molecule has 0 amide bonds. The van der Waals surface area contributed by atoms with E-state index in [-0.39, 0.29) is 5.41 Å². The summed E-state index contributed by atoms with van der Waals surface area (Å²) in [4.78, 5) is 34.9. The minimum absolute atomic E-state index is 0.124. The van der Waals surface area contributed by atoms with Gasteiger partial charge in [-0.25, -0.2) is 9.78 Å². The molecular formula is C11H15N5O2. The molecule has 1 atom stereocenters. The third kappa shape index (κ3) is 1.67. The lowest BCUT2D eigenvalue weighted by atomic mass is 9.82. The van der Waals surface area contributed by atoms with E-state index in [9.17, 15) is 9.59 Å². The van der Waals surface area contributed by atoms with E-state index in [4.69, 9.17) is 0 Å². The molecule has 0 saturated carbocycles. The van der Waals surface area contributed by atoms with Crippen molar-refractivity contribution in [1.82, 2.24) is 25.3 Å². The maximum Gasteiger partial charge on any atom is 0.327 e. The van der Waals surface area contributed by atoms with E-state index in [1.807, 2.05) is 0 Å². The summed E-state index contributed by atoms with van der Waals surface area (Å²) in [7, 11) is 0. The van der Waals surface area contributed by atoms with Crippen LogP contribution in [0, 0.1) is 0 Å². The van der Waals surface area contributed by atoms with Gasteiger partial charge in [0.15, 0.2) is 5.65 Å². The molecule has 0 bridgehead atoms. The first-order valence-electron chi connectivity index (χ1n) is 6.02. The molecule has 2 aromatic heterocycles. The number of nitrogens with zero attached hydrogens (tertiary/aromatic N) is 1. The largest absolute Gasteiger partial charge is 0.336 e. The zero-order valence-electron chi connectivity index (χ0n) is 10.1. The van der Waals surface area contributed by atoms with Gasteiger partial charge in [-0.3, -0.25) is 14.8 Å². The average molecular weight is 249 g/mol. The highest BCUT2D eigenvalue weighted by Crippen LogP contribution is 2.28. The topological polar surface area (TPSA) is 106 Å². The molecule has 0 spiro atoms. The summed E-state index contributed by atoms with van der Waals surface area (Å²) in [6.45, 7) is 3.92. The molecule has 96 valence electrons. The number of fused-ring (bicyclic) bond motifs is 1. The predicted octanol–water partition coefficient (Wildman–Crippen LogP) is -0.419. The SMILES string of the molecule is CC1(c2nc3[nH]c(=O)[nH]c(=O)c3[nH]2)CCCNC1. The van der Waals surface area contributed by atoms with Crippen molar-refractivity contribution >= 4 is 11.2 Å². The average Bonchev–Trinajstić information content (AvgIpc) is 2.74. The highest BCUT2D eigenvalue weighted by Gasteiger charge is 2.32. The number of hydrogen-bond acceptors (Lipinski definition) is 4. The highest BCUT2D eigenvalue weighted by molar-refractivity contribution is 5.68. The van der Waals surface area contributed by atoms with Crippen LogP contribution in [0.1, 0.15) is 25.6 Å². The lowest BCUT2D eigenvalue weighted by molar-refractivity contribution is 0.326. The molecule has 4 N–H and O–H groups in total. The van der Waals surface area contributed by atoms with E-state index < -0.39 is 11.2 Å². The van der Waals surface area contributed by atoms with Gasteiger partial charge in [-0.15, -0.1) is 0 Å². The van der Waals surface area contributed by atoms with Crippen LogP contribution < -0.4 is 16.6 Å². The molecule has 1 aliphatic heterocycles. The van der Waals surface area contributed by atoms with Gasteiger partial charge in [0, 0.05) is 12.0 Å². The van der Waals surface area contributed by atoms with E-state index in [2.05, 4.69) is 32.2 Å². The second-order valence-corrected chi connectivity index (χ2v) is 5.06. The van der Waals surface area contributed by atoms with Crippen LogP contribution in [-0.2, 0) is 5.41 Å². The van der Waals surface area contributed by atoms with Crippen molar-refractivity contribution in [2.45, 2.75) is 25.2 Å². The number of H-pyrrole nitrogens is 3. The molecule has 3 heterocycles. The molecule has 1 saturated heterocycles. The van der Waals surface area contributed by atoms with Crippen LogP contribution in [0.5, 0.6) is 0 Å². The third-order valence-electron chi connectivity index (χ3n) is 3.56. The number of piperidine rings is 1. The van der Waals surface area contributed by atoms with Crippen LogP contribution >= 0.6 is 0 Å². The Morgan fingerprint density at radius 1 is 1.22 bits per heavy atom. The number of nitrogens with one attached hydrogen (secondary N) is 4. The van der Waals surface area contributed by atoms with Crippen molar-refractivity contribution < 1.29 is 0 Å². The summed E-state index contributed by atoms with van der Waals surface area (Å²) < 4.78 is 0. The van der Waals surface area contributed by atoms with Crippen LogP contribution in [0.3, 0.4) is 0 Å². The number of aromatic nitrogens is 4. The molecule has 2 aromatic rings. The molecular weight excluding hydrogens is 234 g/mol. The van der Waals surface area contributed by atoms with Gasteiger partial charge in [0.05, 0.1) is 0 Å². The first-order valence-corrected chi connectivity index (χ1v) is 6.02. The quantitative estimate of drug-likeness (QED) is 0.550. The van der Waals surface area contributed by atoms with Gasteiger partial charge in [0.25, 0.3) is 5.56 Å². The van der Waals surface area contributed by atoms with Gasteiger partial charge in [-0.2, -0.15) is 0 Å². The molecule has 7 heteroatoms. The summed E-state index contributed by atoms with van der Waals surface area (Å²) in [5, 5.41) is 3.33. The van der Waals surface area contributed by atoms with E-state index in [1.165, 1.54) is 0 Å². The fourth-order valence-electron chi connectivity index (χ4n) is 2.48. The van der Waals surface area contributed by atoms with Gasteiger partial charge in [-0.05, 0) is 19.4 Å². The Morgan fingerprint density at radius 2 is 2.06 bits per heavy atom. The van der Waals surface area contributed by atoms with Crippen LogP contribution in [0.25, 0.3) is 11.2 Å². The van der Waals surface area contributed by atoms with Crippen molar-refractivity contribution in [2.24, 2.45) is 0 Å². The number of hydrogen-bond donors (Lipinski definition) is 4. The van der Waals surface area contributed by atoms with Crippen LogP contribution in [-0.4, -0.2) is 33.0 Å². The molecule has 18 heavy (non-hydrogen) atoms. The Hall–Kier alpha value is -1.89. The van der Waals surface area contributed by atoms with Gasteiger partial charge < -0.3 is 10.3 Å². The van der Waals surface area contributed by atoms with Crippen molar-refractivity contribution in [1.29, 1.82) is 0 Å². The number of aromatic amines is 3. The molecule has 0 radical (unpaired) electrons. The van der Waals surface area contributed by atoms with Crippen molar-refractivity contribution in [2.75, 3.05) is 13.1 Å². The fourth-order valence-corrected chi connectivity index (χ4v) is 2.48. The lowest BCUT2D eigenvalue weighted by Crippen LogP contribution is -2.41. The van der Waals surface area contributed by atoms with Crippen LogP contribution in [0.4, 0.5) is 0 Å². The minimum atomic E-state index is -0.530. The van der Waals surface area contributed by atoms with E-state index in [0.29, 0.717) is 11.2 Å². The van der Waals surface area contributed by atoms with Gasteiger partial charge in [-0.1, -0.05) is 6.92 Å². The van der Waals surface area contributed by atoms with Crippen LogP contribution in [0.15, 0.2) is 9.59 Å². The monoisotopic (exact) mass is 249 g/mol. The Morgan fingerprint density at radius 3 is 2.78 bits per heavy atom. The maximum atomic E-state index is 11.6. The molecule has 1 aliphatic rings. The Bertz CT molecular complexity index is 689. The van der Waals surface area contributed by atoms with Crippen LogP contribution in [0.2, 0.25) is 0 Å². The molecule has 3 rings (SSSR count).